The highest BCUT2D eigenvalue weighted by molar-refractivity contribution is 4.77. The molecule has 2 saturated carbocycles. The smallest absolute Gasteiger partial charge is 0.104 e. The van der Waals surface area contributed by atoms with Crippen molar-refractivity contribution in [2.24, 2.45) is 11.8 Å². The zero-order valence-corrected chi connectivity index (χ0v) is 26.5. The van der Waals surface area contributed by atoms with E-state index in [-0.39, 0.29) is 18.3 Å². The molecule has 3 saturated heterocycles. The van der Waals surface area contributed by atoms with E-state index in [0.717, 1.165) is 64.1 Å². The van der Waals surface area contributed by atoms with Crippen LogP contribution in [0, 0.1) is 11.8 Å². The third kappa shape index (κ3) is 14.7. The number of nitrogens with one attached hydrogen (secondary N) is 1. The molecule has 8 nitrogen and oxygen atoms in total. The van der Waals surface area contributed by atoms with Gasteiger partial charge in [0.05, 0.1) is 62.5 Å². The van der Waals surface area contributed by atoms with Crippen molar-refractivity contribution in [3.63, 3.8) is 0 Å². The van der Waals surface area contributed by atoms with Gasteiger partial charge in [-0.05, 0) is 65.2 Å². The van der Waals surface area contributed by atoms with E-state index in [9.17, 15) is 5.11 Å². The Morgan fingerprint density at radius 1 is 0.775 bits per heavy atom. The molecule has 10 atom stereocenters. The molecule has 236 valence electrons. The minimum Gasteiger partial charge on any atom is -0.389 e. The van der Waals surface area contributed by atoms with E-state index < -0.39 is 0 Å². The quantitative estimate of drug-likeness (QED) is 0.415. The number of rotatable bonds is 8. The second-order valence-corrected chi connectivity index (χ2v) is 13.5. The number of epoxide rings is 1. The molecule has 0 aromatic heterocycles. The normalized spacial score (nSPS) is 39.2. The molecule has 5 rings (SSSR count). The molecule has 5 fully saturated rings. The summed E-state index contributed by atoms with van der Waals surface area (Å²) in [6, 6.07) is 0. The zero-order chi connectivity index (χ0) is 28.9. The van der Waals surface area contributed by atoms with Gasteiger partial charge in [0.2, 0.25) is 0 Å². The number of aliphatic hydroxyl groups excluding tert-OH is 1. The van der Waals surface area contributed by atoms with E-state index >= 15 is 0 Å². The number of nitrogens with zero attached hydrogens (tertiary/aromatic N) is 1. The van der Waals surface area contributed by atoms with Crippen molar-refractivity contribution in [1.82, 2.24) is 10.2 Å². The lowest BCUT2D eigenvalue weighted by molar-refractivity contribution is -0.0883. The molecular formula is C32H62N2O6. The van der Waals surface area contributed by atoms with E-state index in [2.05, 4.69) is 51.8 Å². The molecule has 3 aliphatic heterocycles. The fourth-order valence-electron chi connectivity index (χ4n) is 6.48. The second-order valence-electron chi connectivity index (χ2n) is 13.5. The van der Waals surface area contributed by atoms with Crippen LogP contribution in [0.4, 0.5) is 0 Å². The molecule has 0 spiro atoms. The summed E-state index contributed by atoms with van der Waals surface area (Å²) < 4.78 is 27.9. The van der Waals surface area contributed by atoms with Crippen molar-refractivity contribution in [2.45, 2.75) is 142 Å². The predicted molar refractivity (Wildman–Crippen MR) is 160 cm³/mol. The predicted octanol–water partition coefficient (Wildman–Crippen LogP) is 4.42. The molecule has 8 heteroatoms. The Labute approximate surface area is 245 Å². The van der Waals surface area contributed by atoms with Gasteiger partial charge in [0.25, 0.3) is 0 Å². The summed E-state index contributed by atoms with van der Waals surface area (Å²) >= 11 is 0. The van der Waals surface area contributed by atoms with E-state index in [1.807, 2.05) is 0 Å². The van der Waals surface area contributed by atoms with Crippen molar-refractivity contribution in [1.29, 1.82) is 0 Å². The van der Waals surface area contributed by atoms with Crippen LogP contribution in [-0.2, 0) is 23.7 Å². The maximum atomic E-state index is 10.2. The molecule has 0 amide bonds. The Kier molecular flexibility index (Phi) is 15.7. The van der Waals surface area contributed by atoms with E-state index in [1.54, 1.807) is 0 Å². The maximum absolute atomic E-state index is 10.2. The lowest BCUT2D eigenvalue weighted by Crippen LogP contribution is -2.48. The Bertz CT molecular complexity index is 649. The SMILES string of the molecule is CC1CCCC(OCC(O)CN2CC(C)OC(C)C2)C1.CC1CCCC(OCC2CO2)C1.CC1CNCC(C)O1. The van der Waals surface area contributed by atoms with Gasteiger partial charge in [0.15, 0.2) is 0 Å². The van der Waals surface area contributed by atoms with Crippen LogP contribution in [0.5, 0.6) is 0 Å². The topological polar surface area (TPSA) is 85.0 Å². The molecule has 3 heterocycles. The van der Waals surface area contributed by atoms with Gasteiger partial charge in [-0.15, -0.1) is 0 Å². The van der Waals surface area contributed by atoms with Crippen LogP contribution >= 0.6 is 0 Å². The number of hydrogen-bond acceptors (Lipinski definition) is 8. The molecule has 0 bridgehead atoms. The van der Waals surface area contributed by atoms with Gasteiger partial charge in [-0.3, -0.25) is 4.90 Å². The Morgan fingerprint density at radius 2 is 1.30 bits per heavy atom. The van der Waals surface area contributed by atoms with Crippen molar-refractivity contribution in [3.8, 4) is 0 Å². The lowest BCUT2D eigenvalue weighted by Gasteiger charge is -2.36. The number of β-amino-alcohol motifs (C(OH)–C–C–N with tert-alkyl or cyclic N) is 1. The van der Waals surface area contributed by atoms with Gasteiger partial charge in [-0.25, -0.2) is 0 Å². The molecule has 5 aliphatic rings. The zero-order valence-electron chi connectivity index (χ0n) is 26.5. The van der Waals surface area contributed by atoms with Crippen LogP contribution in [0.25, 0.3) is 0 Å². The van der Waals surface area contributed by atoms with Crippen LogP contribution in [-0.4, -0.2) is 111 Å². The van der Waals surface area contributed by atoms with Crippen molar-refractivity contribution in [3.05, 3.63) is 0 Å². The first-order valence-electron chi connectivity index (χ1n) is 16.4. The maximum Gasteiger partial charge on any atom is 0.104 e. The largest absolute Gasteiger partial charge is 0.389 e. The van der Waals surface area contributed by atoms with Crippen molar-refractivity contribution >= 4 is 0 Å². The summed E-state index contributed by atoms with van der Waals surface area (Å²) in [6.07, 6.45) is 12.4. The molecule has 0 aromatic carbocycles. The highest BCUT2D eigenvalue weighted by Gasteiger charge is 2.27. The molecule has 40 heavy (non-hydrogen) atoms. The van der Waals surface area contributed by atoms with Gasteiger partial charge in [0.1, 0.15) is 6.10 Å². The van der Waals surface area contributed by atoms with Crippen LogP contribution in [0.2, 0.25) is 0 Å². The molecule has 10 unspecified atom stereocenters. The van der Waals surface area contributed by atoms with Crippen LogP contribution in [0.15, 0.2) is 0 Å². The van der Waals surface area contributed by atoms with Crippen molar-refractivity contribution in [2.75, 3.05) is 52.5 Å². The summed E-state index contributed by atoms with van der Waals surface area (Å²) in [5.74, 6) is 1.63. The van der Waals surface area contributed by atoms with Gasteiger partial charge in [0, 0.05) is 32.7 Å². The average Bonchev–Trinajstić information content (AvgIpc) is 3.71. The molecule has 0 aromatic rings. The van der Waals surface area contributed by atoms with Crippen LogP contribution in [0.3, 0.4) is 0 Å². The van der Waals surface area contributed by atoms with Crippen LogP contribution in [0.1, 0.15) is 92.9 Å². The van der Waals surface area contributed by atoms with E-state index in [4.69, 9.17) is 23.7 Å². The van der Waals surface area contributed by atoms with Crippen LogP contribution < -0.4 is 5.32 Å². The molecule has 0 radical (unpaired) electrons. The number of aliphatic hydroxyl groups is 1. The minimum absolute atomic E-state index is 0.256. The van der Waals surface area contributed by atoms with Gasteiger partial charge in [-0.2, -0.15) is 0 Å². The average molecular weight is 571 g/mol. The second kappa shape index (κ2) is 18.4. The molecule has 2 aliphatic carbocycles. The highest BCUT2D eigenvalue weighted by Crippen LogP contribution is 2.27. The number of morpholine rings is 2. The Balaban J connectivity index is 0.000000185. The van der Waals surface area contributed by atoms with E-state index in [1.165, 1.54) is 38.5 Å². The summed E-state index contributed by atoms with van der Waals surface area (Å²) in [5, 5.41) is 13.4. The summed E-state index contributed by atoms with van der Waals surface area (Å²) in [6.45, 7) is 19.7. The first-order chi connectivity index (χ1) is 19.2. The Morgan fingerprint density at radius 3 is 1.77 bits per heavy atom. The van der Waals surface area contributed by atoms with Gasteiger partial charge < -0.3 is 34.1 Å². The van der Waals surface area contributed by atoms with Crippen molar-refractivity contribution < 1.29 is 28.8 Å². The third-order valence-corrected chi connectivity index (χ3v) is 8.51. The minimum atomic E-state index is -0.385. The highest BCUT2D eigenvalue weighted by atomic mass is 16.6. The lowest BCUT2D eigenvalue weighted by atomic mass is 9.89. The summed E-state index contributed by atoms with van der Waals surface area (Å²) in [7, 11) is 0. The third-order valence-electron chi connectivity index (χ3n) is 8.51. The monoisotopic (exact) mass is 570 g/mol. The Hall–Kier alpha value is -0.320. The fraction of sp³-hybridized carbons (Fsp3) is 1.00. The number of hydrogen-bond donors (Lipinski definition) is 2. The first kappa shape index (κ1) is 34.2. The molecular weight excluding hydrogens is 508 g/mol. The summed E-state index contributed by atoms with van der Waals surface area (Å²) in [5.41, 5.74) is 0. The van der Waals surface area contributed by atoms with Gasteiger partial charge in [-0.1, -0.05) is 39.5 Å². The van der Waals surface area contributed by atoms with Gasteiger partial charge >= 0.3 is 0 Å². The summed E-state index contributed by atoms with van der Waals surface area (Å²) in [4.78, 5) is 2.29. The molecule has 2 N–H and O–H groups in total. The number of ether oxygens (including phenoxy) is 5. The standard InChI is InChI=1S/C16H31NO3.C10H18O2.C6H13NO/c1-12-5-4-6-16(7-12)19-11-15(18)10-17-8-13(2)20-14(3)9-17;1-8-3-2-4-9(5-8)11-6-10-7-12-10;1-5-3-7-4-6(2)8-5/h12-16,18H,4-11H2,1-3H3;8-10H,2-7H2,1H3;5-7H,3-4H2,1-2H3. The van der Waals surface area contributed by atoms with E-state index in [0.29, 0.717) is 43.7 Å². The first-order valence-corrected chi connectivity index (χ1v) is 16.4. The fourth-order valence-corrected chi connectivity index (χ4v) is 6.48.